The molecule has 12 aromatic rings. The second-order valence-electron chi connectivity index (χ2n) is 17.0. The Morgan fingerprint density at radius 2 is 0.471 bits per heavy atom. The van der Waals surface area contributed by atoms with E-state index in [-0.39, 0.29) is 39.2 Å². The van der Waals surface area contributed by atoms with Crippen molar-refractivity contribution >= 4 is 87.4 Å². The van der Waals surface area contributed by atoms with Crippen molar-refractivity contribution < 1.29 is 30.3 Å². The summed E-state index contributed by atoms with van der Waals surface area (Å²) in [6.07, 6.45) is 0. The van der Waals surface area contributed by atoms with Crippen LogP contribution in [0.15, 0.2) is 218 Å². The van der Waals surface area contributed by atoms with Crippen LogP contribution in [-0.2, 0) is 20.4 Å². The van der Waals surface area contributed by atoms with Gasteiger partial charge in [0.15, 0.2) is 0 Å². The molecular weight excluding hydrogens is 959 g/mol. The number of rotatable bonds is 6. The number of nitrogens with zero attached hydrogens (tertiary/aromatic N) is 2. The Bertz CT molecular complexity index is 3670. The summed E-state index contributed by atoms with van der Waals surface area (Å²) in [5.74, 6) is 0. The molecular formula is C61H43N4O4Pd-. The molecule has 0 aliphatic rings. The second kappa shape index (κ2) is 19.1. The van der Waals surface area contributed by atoms with E-state index < -0.39 is 9.85 Å². The fourth-order valence-electron chi connectivity index (χ4n) is 9.53. The van der Waals surface area contributed by atoms with Crippen molar-refractivity contribution in [3.8, 4) is 44.5 Å². The number of nitro groups is 2. The van der Waals surface area contributed by atoms with Crippen LogP contribution in [0.25, 0.3) is 109 Å². The average molecular weight is 1000 g/mol. The van der Waals surface area contributed by atoms with Gasteiger partial charge in [0.2, 0.25) is 0 Å². The maximum Gasteiger partial charge on any atom is 0.269 e. The van der Waals surface area contributed by atoms with Gasteiger partial charge in [-0.2, -0.15) is 0 Å². The van der Waals surface area contributed by atoms with Gasteiger partial charge in [0.25, 0.3) is 11.4 Å². The molecule has 4 N–H and O–H groups in total. The number of hydrogen-bond donors (Lipinski definition) is 2. The minimum Gasteiger partial charge on any atom is -0.399 e. The zero-order valence-electron chi connectivity index (χ0n) is 37.8. The van der Waals surface area contributed by atoms with Gasteiger partial charge in [0.05, 0.1) is 9.85 Å². The molecule has 0 fully saturated rings. The number of anilines is 2. The first-order valence-electron chi connectivity index (χ1n) is 22.1. The van der Waals surface area contributed by atoms with Crippen molar-refractivity contribution in [2.75, 3.05) is 11.5 Å². The molecule has 0 spiro atoms. The summed E-state index contributed by atoms with van der Waals surface area (Å²) in [7, 11) is 0. The van der Waals surface area contributed by atoms with E-state index in [4.69, 9.17) is 11.5 Å². The van der Waals surface area contributed by atoms with Crippen LogP contribution in [0.3, 0.4) is 0 Å². The van der Waals surface area contributed by atoms with E-state index in [2.05, 4.69) is 121 Å². The molecule has 12 rings (SSSR count). The zero-order chi connectivity index (χ0) is 46.5. The minimum absolute atomic E-state index is 0. The number of nitro benzene ring substituents is 2. The molecule has 0 aromatic heterocycles. The molecule has 0 heterocycles. The standard InChI is InChI=1S/C30H18N2O4.C30H22N2.CH3.Pd/c33-31(34)23-11-5-19(6-12-23)21-9-15-27-28-16-10-22(20-7-13-24(14-8-20)32(35)36)18-30(28)26-4-2-1-3-25(26)29(27)17-21;31-23-11-5-19(6-12-23)21-9-15-27-28-16-10-22(20-7-13-24(32)14-8-20)18-30(28)26-4-2-1-3-25(26)29(27)17-21;;/h1-18H;1-18H,31-32H2;1H3;/q;;-1;. The second-order valence-corrected chi connectivity index (χ2v) is 17.0. The molecule has 0 amide bonds. The van der Waals surface area contributed by atoms with Crippen molar-refractivity contribution in [1.82, 2.24) is 0 Å². The monoisotopic (exact) mass is 1000 g/mol. The first kappa shape index (κ1) is 46.4. The van der Waals surface area contributed by atoms with Crippen LogP contribution >= 0.6 is 0 Å². The van der Waals surface area contributed by atoms with E-state index in [0.717, 1.165) is 65.9 Å². The predicted molar refractivity (Wildman–Crippen MR) is 288 cm³/mol. The molecule has 0 atom stereocenters. The van der Waals surface area contributed by atoms with Crippen molar-refractivity contribution in [3.05, 3.63) is 246 Å². The summed E-state index contributed by atoms with van der Waals surface area (Å²) in [5, 5.41) is 36.3. The molecule has 8 nitrogen and oxygen atoms in total. The van der Waals surface area contributed by atoms with Gasteiger partial charge in [0.1, 0.15) is 0 Å². The third-order valence-electron chi connectivity index (χ3n) is 13.0. The van der Waals surface area contributed by atoms with Gasteiger partial charge < -0.3 is 18.9 Å². The number of nitrogens with two attached hydrogens (primary N) is 2. The third-order valence-corrected chi connectivity index (χ3v) is 13.0. The number of nitrogen functional groups attached to an aromatic ring is 2. The first-order chi connectivity index (χ1) is 33.2. The predicted octanol–water partition coefficient (Wildman–Crippen LogP) is 16.4. The van der Waals surface area contributed by atoms with Crippen LogP contribution in [0.2, 0.25) is 0 Å². The number of fused-ring (bicyclic) bond motifs is 12. The maximum atomic E-state index is 11.0. The maximum absolute atomic E-state index is 11.0. The smallest absolute Gasteiger partial charge is 0.269 e. The van der Waals surface area contributed by atoms with Gasteiger partial charge in [-0.3, -0.25) is 20.2 Å². The summed E-state index contributed by atoms with van der Waals surface area (Å²) in [6.45, 7) is 0. The summed E-state index contributed by atoms with van der Waals surface area (Å²) in [5.41, 5.74) is 22.0. The van der Waals surface area contributed by atoms with Crippen LogP contribution in [0.4, 0.5) is 22.7 Å². The SMILES string of the molecule is Nc1ccc(-c2ccc3c4ccc(-c5ccc(N)cc5)cc4c4ccccc4c3c2)cc1.O=[N+]([O-])c1ccc(-c2ccc3c4ccc(-c5ccc([N+](=O)[O-])cc5)cc4c4ccccc4c3c2)cc1.[CH3-].[Pd]. The van der Waals surface area contributed by atoms with E-state index in [1.807, 2.05) is 48.5 Å². The molecule has 12 aromatic carbocycles. The number of hydrogen-bond acceptors (Lipinski definition) is 6. The Morgan fingerprint density at radius 1 is 0.271 bits per heavy atom. The quantitative estimate of drug-likeness (QED) is 0.0425. The van der Waals surface area contributed by atoms with Crippen LogP contribution in [0.1, 0.15) is 0 Å². The van der Waals surface area contributed by atoms with Gasteiger partial charge in [-0.25, -0.2) is 0 Å². The first-order valence-corrected chi connectivity index (χ1v) is 22.1. The average Bonchev–Trinajstić information content (AvgIpc) is 3.39. The molecule has 0 aliphatic carbocycles. The van der Waals surface area contributed by atoms with Crippen molar-refractivity contribution in [2.24, 2.45) is 0 Å². The Kier molecular flexibility index (Phi) is 12.7. The summed E-state index contributed by atoms with van der Waals surface area (Å²) in [6, 6.07) is 72.4. The molecule has 0 radical (unpaired) electrons. The Balaban J connectivity index is 0.000000170. The molecule has 0 unspecified atom stereocenters. The van der Waals surface area contributed by atoms with E-state index in [1.54, 1.807) is 24.3 Å². The third kappa shape index (κ3) is 8.56. The molecule has 0 bridgehead atoms. The van der Waals surface area contributed by atoms with Crippen LogP contribution in [0, 0.1) is 27.7 Å². The molecule has 9 heteroatoms. The largest absolute Gasteiger partial charge is 0.399 e. The number of non-ortho nitro benzene ring substituents is 2. The molecule has 0 aliphatic heterocycles. The van der Waals surface area contributed by atoms with Gasteiger partial charge in [-0.05, 0) is 182 Å². The Morgan fingerprint density at radius 3 is 0.700 bits per heavy atom. The molecule has 342 valence electrons. The Hall–Kier alpha value is -8.74. The van der Waals surface area contributed by atoms with Crippen LogP contribution in [0.5, 0.6) is 0 Å². The van der Waals surface area contributed by atoms with Crippen molar-refractivity contribution in [3.63, 3.8) is 0 Å². The van der Waals surface area contributed by atoms with Gasteiger partial charge in [-0.1, -0.05) is 121 Å². The van der Waals surface area contributed by atoms with E-state index in [0.29, 0.717) is 0 Å². The fraction of sp³-hybridized carbons (Fsp3) is 0. The molecule has 70 heavy (non-hydrogen) atoms. The summed E-state index contributed by atoms with van der Waals surface area (Å²) < 4.78 is 0. The van der Waals surface area contributed by atoms with E-state index in [1.165, 1.54) is 78.8 Å². The van der Waals surface area contributed by atoms with Crippen molar-refractivity contribution in [2.45, 2.75) is 0 Å². The van der Waals surface area contributed by atoms with E-state index >= 15 is 0 Å². The normalized spacial score (nSPS) is 11.0. The fourth-order valence-corrected chi connectivity index (χ4v) is 9.53. The molecule has 0 saturated heterocycles. The number of benzene rings is 12. The van der Waals surface area contributed by atoms with Gasteiger partial charge in [-0.15, -0.1) is 0 Å². The van der Waals surface area contributed by atoms with Crippen LogP contribution in [-0.4, -0.2) is 9.85 Å². The zero-order valence-corrected chi connectivity index (χ0v) is 39.3. The topological polar surface area (TPSA) is 138 Å². The van der Waals surface area contributed by atoms with Crippen LogP contribution < -0.4 is 11.5 Å². The molecule has 0 saturated carbocycles. The van der Waals surface area contributed by atoms with Crippen molar-refractivity contribution in [1.29, 1.82) is 0 Å². The van der Waals surface area contributed by atoms with E-state index in [9.17, 15) is 20.2 Å². The minimum atomic E-state index is -0.394. The van der Waals surface area contributed by atoms with Gasteiger partial charge in [0, 0.05) is 56.1 Å². The summed E-state index contributed by atoms with van der Waals surface area (Å²) in [4.78, 5) is 21.3. The Labute approximate surface area is 417 Å². The van der Waals surface area contributed by atoms with Gasteiger partial charge >= 0.3 is 0 Å². The summed E-state index contributed by atoms with van der Waals surface area (Å²) >= 11 is 0.